The van der Waals surface area contributed by atoms with Gasteiger partial charge in [-0.25, -0.2) is 0 Å². The third kappa shape index (κ3) is 4.91. The van der Waals surface area contributed by atoms with E-state index in [0.29, 0.717) is 4.99 Å². The number of nitrogens with zero attached hydrogens (tertiary/aromatic N) is 1. The van der Waals surface area contributed by atoms with E-state index < -0.39 is 0 Å². The van der Waals surface area contributed by atoms with Crippen molar-refractivity contribution in [2.24, 2.45) is 11.1 Å². The van der Waals surface area contributed by atoms with Gasteiger partial charge in [0.15, 0.2) is 0 Å². The fourth-order valence-electron chi connectivity index (χ4n) is 1.31. The maximum absolute atomic E-state index is 5.68. The Morgan fingerprint density at radius 1 is 1.29 bits per heavy atom. The lowest BCUT2D eigenvalue weighted by atomic mass is 9.89. The molecule has 3 heteroatoms. The van der Waals surface area contributed by atoms with Crippen molar-refractivity contribution in [3.05, 3.63) is 0 Å². The summed E-state index contributed by atoms with van der Waals surface area (Å²) in [6.45, 7) is 12.0. The highest BCUT2D eigenvalue weighted by Gasteiger charge is 2.21. The summed E-state index contributed by atoms with van der Waals surface area (Å²) in [6, 6.07) is 0. The summed E-state index contributed by atoms with van der Waals surface area (Å²) in [4.78, 5) is 3.07. The molecule has 0 bridgehead atoms. The minimum Gasteiger partial charge on any atom is -0.393 e. The molecule has 0 aliphatic carbocycles. The van der Waals surface area contributed by atoms with E-state index in [2.05, 4.69) is 32.6 Å². The van der Waals surface area contributed by atoms with Gasteiger partial charge in [-0.05, 0) is 32.5 Å². The molecule has 0 saturated heterocycles. The van der Waals surface area contributed by atoms with Gasteiger partial charge in [0.1, 0.15) is 0 Å². The number of thiocarbonyl (C=S) groups is 1. The summed E-state index contributed by atoms with van der Waals surface area (Å²) >= 11 is 5.04. The van der Waals surface area contributed by atoms with E-state index in [1.54, 1.807) is 0 Å². The fourth-order valence-corrected chi connectivity index (χ4v) is 1.41. The minimum atomic E-state index is -0.00348. The zero-order valence-electron chi connectivity index (χ0n) is 9.97. The molecule has 0 spiro atoms. The second-order valence-electron chi connectivity index (χ2n) is 4.43. The SMILES string of the molecule is CCCN(CC)CCC(C)(C)C(N)=S. The van der Waals surface area contributed by atoms with E-state index >= 15 is 0 Å². The van der Waals surface area contributed by atoms with Gasteiger partial charge in [-0.2, -0.15) is 0 Å². The van der Waals surface area contributed by atoms with Crippen LogP contribution in [0.25, 0.3) is 0 Å². The molecule has 84 valence electrons. The topological polar surface area (TPSA) is 29.3 Å². The van der Waals surface area contributed by atoms with Crippen molar-refractivity contribution in [1.29, 1.82) is 0 Å². The lowest BCUT2D eigenvalue weighted by Crippen LogP contribution is -2.35. The molecular weight excluding hydrogens is 192 g/mol. The molecule has 14 heavy (non-hydrogen) atoms. The van der Waals surface area contributed by atoms with Crippen molar-refractivity contribution < 1.29 is 0 Å². The second kappa shape index (κ2) is 6.36. The highest BCUT2D eigenvalue weighted by molar-refractivity contribution is 7.80. The van der Waals surface area contributed by atoms with Gasteiger partial charge in [0, 0.05) is 5.41 Å². The lowest BCUT2D eigenvalue weighted by molar-refractivity contribution is 0.257. The summed E-state index contributed by atoms with van der Waals surface area (Å²) < 4.78 is 0. The Labute approximate surface area is 93.8 Å². The first kappa shape index (κ1) is 13.8. The fraction of sp³-hybridized carbons (Fsp3) is 0.909. The molecule has 0 heterocycles. The van der Waals surface area contributed by atoms with E-state index in [0.717, 1.165) is 19.5 Å². The molecule has 0 rings (SSSR count). The minimum absolute atomic E-state index is 0.00348. The van der Waals surface area contributed by atoms with Crippen LogP contribution in [0.2, 0.25) is 0 Å². The number of hydrogen-bond donors (Lipinski definition) is 1. The molecule has 0 aliphatic heterocycles. The van der Waals surface area contributed by atoms with Crippen molar-refractivity contribution in [1.82, 2.24) is 4.90 Å². The number of hydrogen-bond acceptors (Lipinski definition) is 2. The van der Waals surface area contributed by atoms with Crippen molar-refractivity contribution in [2.75, 3.05) is 19.6 Å². The van der Waals surface area contributed by atoms with Crippen LogP contribution in [0.15, 0.2) is 0 Å². The monoisotopic (exact) mass is 216 g/mol. The van der Waals surface area contributed by atoms with Gasteiger partial charge in [0.25, 0.3) is 0 Å². The predicted molar refractivity (Wildman–Crippen MR) is 67.6 cm³/mol. The normalized spacial score (nSPS) is 12.1. The van der Waals surface area contributed by atoms with Gasteiger partial charge in [-0.3, -0.25) is 0 Å². The van der Waals surface area contributed by atoms with E-state index in [9.17, 15) is 0 Å². The molecule has 0 aromatic heterocycles. The van der Waals surface area contributed by atoms with Crippen molar-refractivity contribution in [3.63, 3.8) is 0 Å². The molecule has 0 atom stereocenters. The third-order valence-electron chi connectivity index (χ3n) is 2.71. The Balaban J connectivity index is 3.95. The Kier molecular flexibility index (Phi) is 6.29. The summed E-state index contributed by atoms with van der Waals surface area (Å²) in [7, 11) is 0. The standard InChI is InChI=1S/C11H24N2S/c1-5-8-13(6-2)9-7-11(3,4)10(12)14/h5-9H2,1-4H3,(H2,12,14). The summed E-state index contributed by atoms with van der Waals surface area (Å²) in [5, 5.41) is 0. The van der Waals surface area contributed by atoms with Crippen LogP contribution in [-0.4, -0.2) is 29.5 Å². The Hall–Kier alpha value is -0.150. The zero-order valence-corrected chi connectivity index (χ0v) is 10.8. The molecule has 0 fully saturated rings. The molecule has 0 saturated carbocycles. The van der Waals surface area contributed by atoms with Crippen LogP contribution in [0, 0.1) is 5.41 Å². The maximum atomic E-state index is 5.68. The van der Waals surface area contributed by atoms with Crippen LogP contribution < -0.4 is 5.73 Å². The summed E-state index contributed by atoms with van der Waals surface area (Å²) in [6.07, 6.45) is 2.26. The first-order valence-electron chi connectivity index (χ1n) is 5.46. The Morgan fingerprint density at radius 3 is 2.21 bits per heavy atom. The van der Waals surface area contributed by atoms with Crippen LogP contribution in [0.4, 0.5) is 0 Å². The maximum Gasteiger partial charge on any atom is 0.0784 e. The average Bonchev–Trinajstić information content (AvgIpc) is 2.12. The molecule has 2 N–H and O–H groups in total. The van der Waals surface area contributed by atoms with Crippen LogP contribution >= 0.6 is 12.2 Å². The molecule has 0 radical (unpaired) electrons. The highest BCUT2D eigenvalue weighted by Crippen LogP contribution is 2.20. The first-order chi connectivity index (χ1) is 6.44. The molecule has 0 amide bonds. The van der Waals surface area contributed by atoms with Crippen LogP contribution in [0.5, 0.6) is 0 Å². The number of nitrogens with two attached hydrogens (primary N) is 1. The van der Waals surface area contributed by atoms with Gasteiger partial charge in [-0.15, -0.1) is 0 Å². The van der Waals surface area contributed by atoms with Gasteiger partial charge in [0.05, 0.1) is 4.99 Å². The van der Waals surface area contributed by atoms with E-state index in [1.165, 1.54) is 13.0 Å². The molecular formula is C11H24N2S. The third-order valence-corrected chi connectivity index (χ3v) is 3.26. The Morgan fingerprint density at radius 2 is 1.86 bits per heavy atom. The predicted octanol–water partition coefficient (Wildman–Crippen LogP) is 2.42. The van der Waals surface area contributed by atoms with Gasteiger partial charge in [0.2, 0.25) is 0 Å². The zero-order chi connectivity index (χ0) is 11.2. The molecule has 0 aliphatic rings. The molecule has 2 nitrogen and oxygen atoms in total. The van der Waals surface area contributed by atoms with Crippen LogP contribution in [0.1, 0.15) is 40.5 Å². The quantitative estimate of drug-likeness (QED) is 0.663. The average molecular weight is 216 g/mol. The summed E-state index contributed by atoms with van der Waals surface area (Å²) in [5.74, 6) is 0. The lowest BCUT2D eigenvalue weighted by Gasteiger charge is -2.27. The van der Waals surface area contributed by atoms with Crippen molar-refractivity contribution in [3.8, 4) is 0 Å². The second-order valence-corrected chi connectivity index (χ2v) is 4.87. The smallest absolute Gasteiger partial charge is 0.0784 e. The first-order valence-corrected chi connectivity index (χ1v) is 5.87. The van der Waals surface area contributed by atoms with Crippen molar-refractivity contribution in [2.45, 2.75) is 40.5 Å². The number of rotatable bonds is 7. The Bertz CT molecular complexity index is 178. The van der Waals surface area contributed by atoms with Gasteiger partial charge < -0.3 is 10.6 Å². The van der Waals surface area contributed by atoms with E-state index in [1.807, 2.05) is 0 Å². The highest BCUT2D eigenvalue weighted by atomic mass is 32.1. The van der Waals surface area contributed by atoms with Gasteiger partial charge in [-0.1, -0.05) is 39.9 Å². The molecule has 0 unspecified atom stereocenters. The van der Waals surface area contributed by atoms with E-state index in [-0.39, 0.29) is 5.41 Å². The molecule has 0 aromatic carbocycles. The summed E-state index contributed by atoms with van der Waals surface area (Å²) in [5.41, 5.74) is 5.68. The van der Waals surface area contributed by atoms with E-state index in [4.69, 9.17) is 18.0 Å². The largest absolute Gasteiger partial charge is 0.393 e. The van der Waals surface area contributed by atoms with Crippen LogP contribution in [-0.2, 0) is 0 Å². The van der Waals surface area contributed by atoms with Crippen molar-refractivity contribution >= 4 is 17.2 Å². The molecule has 0 aromatic rings. The van der Waals surface area contributed by atoms with Crippen LogP contribution in [0.3, 0.4) is 0 Å². The van der Waals surface area contributed by atoms with Gasteiger partial charge >= 0.3 is 0 Å².